The largest absolute Gasteiger partial charge is 0.368 e. The van der Waals surface area contributed by atoms with Gasteiger partial charge in [0.25, 0.3) is 5.91 Å². The lowest BCUT2D eigenvalue weighted by molar-refractivity contribution is -0.135. The van der Waals surface area contributed by atoms with E-state index in [1.807, 2.05) is 0 Å². The van der Waals surface area contributed by atoms with Crippen molar-refractivity contribution < 1.29 is 14.3 Å². The molecule has 0 unspecified atom stereocenters. The second kappa shape index (κ2) is 6.00. The fourth-order valence-electron chi connectivity index (χ4n) is 2.52. The summed E-state index contributed by atoms with van der Waals surface area (Å²) in [5.41, 5.74) is 4.90. The first-order valence-corrected chi connectivity index (χ1v) is 6.46. The number of amides is 2. The van der Waals surface area contributed by atoms with E-state index in [1.54, 1.807) is 0 Å². The van der Waals surface area contributed by atoms with Gasteiger partial charge in [0.2, 0.25) is 5.91 Å². The summed E-state index contributed by atoms with van der Waals surface area (Å²) in [5.74, 6) is 0.167. The van der Waals surface area contributed by atoms with Gasteiger partial charge < -0.3 is 4.74 Å². The van der Waals surface area contributed by atoms with E-state index >= 15 is 0 Å². The third kappa shape index (κ3) is 3.70. The summed E-state index contributed by atoms with van der Waals surface area (Å²) >= 11 is 0. The van der Waals surface area contributed by atoms with Crippen LogP contribution in [0.2, 0.25) is 0 Å². The molecule has 1 aliphatic heterocycles. The highest BCUT2D eigenvalue weighted by Gasteiger charge is 2.24. The first kappa shape index (κ1) is 12.4. The number of hydrazine groups is 1. The Morgan fingerprint density at radius 2 is 1.82 bits per heavy atom. The van der Waals surface area contributed by atoms with Crippen molar-refractivity contribution in [3.05, 3.63) is 0 Å². The van der Waals surface area contributed by atoms with Gasteiger partial charge in [-0.05, 0) is 31.6 Å². The number of carbonyl (C=O) groups is 2. The van der Waals surface area contributed by atoms with E-state index < -0.39 is 0 Å². The molecule has 2 N–H and O–H groups in total. The molecule has 5 nitrogen and oxygen atoms in total. The second-order valence-corrected chi connectivity index (χ2v) is 4.89. The average molecular weight is 240 g/mol. The number of nitrogens with one attached hydrogen (secondary N) is 2. The van der Waals surface area contributed by atoms with Crippen molar-refractivity contribution in [1.29, 1.82) is 0 Å². The SMILES string of the molecule is O=C(CC1CCCC1)NNC(=O)[C@H]1CCCO1. The van der Waals surface area contributed by atoms with Gasteiger partial charge in [-0.25, -0.2) is 0 Å². The third-order valence-electron chi connectivity index (χ3n) is 3.50. The molecular formula is C12H20N2O3. The second-order valence-electron chi connectivity index (χ2n) is 4.89. The lowest BCUT2D eigenvalue weighted by atomic mass is 10.0. The normalized spacial score (nSPS) is 24.8. The zero-order chi connectivity index (χ0) is 12.1. The van der Waals surface area contributed by atoms with Crippen molar-refractivity contribution in [3.8, 4) is 0 Å². The van der Waals surface area contributed by atoms with Gasteiger partial charge in [0.1, 0.15) is 6.10 Å². The predicted octanol–water partition coefficient (Wildman–Crippen LogP) is 0.893. The molecule has 1 saturated carbocycles. The highest BCUT2D eigenvalue weighted by atomic mass is 16.5. The summed E-state index contributed by atoms with van der Waals surface area (Å²) in [5, 5.41) is 0. The van der Waals surface area contributed by atoms with Crippen LogP contribution in [0.4, 0.5) is 0 Å². The van der Waals surface area contributed by atoms with Gasteiger partial charge >= 0.3 is 0 Å². The van der Waals surface area contributed by atoms with Gasteiger partial charge in [0, 0.05) is 13.0 Å². The van der Waals surface area contributed by atoms with Crippen molar-refractivity contribution in [2.24, 2.45) is 5.92 Å². The number of hydrogen-bond donors (Lipinski definition) is 2. The molecule has 0 aromatic heterocycles. The van der Waals surface area contributed by atoms with E-state index in [-0.39, 0.29) is 17.9 Å². The molecule has 5 heteroatoms. The molecule has 96 valence electrons. The molecular weight excluding hydrogens is 220 g/mol. The van der Waals surface area contributed by atoms with Gasteiger partial charge in [-0.2, -0.15) is 0 Å². The Kier molecular flexibility index (Phi) is 4.36. The standard InChI is InChI=1S/C12H20N2O3/c15-11(8-9-4-1-2-5-9)13-14-12(16)10-6-3-7-17-10/h9-10H,1-8H2,(H,13,15)(H,14,16)/t10-/m1/s1. The lowest BCUT2D eigenvalue weighted by Gasteiger charge is -2.13. The highest BCUT2D eigenvalue weighted by molar-refractivity contribution is 5.84. The van der Waals surface area contributed by atoms with Crippen LogP contribution in [0.25, 0.3) is 0 Å². The van der Waals surface area contributed by atoms with Gasteiger partial charge in [-0.3, -0.25) is 20.4 Å². The molecule has 2 aliphatic rings. The van der Waals surface area contributed by atoms with Crippen LogP contribution in [-0.4, -0.2) is 24.5 Å². The Hall–Kier alpha value is -1.10. The minimum atomic E-state index is -0.387. The monoisotopic (exact) mass is 240 g/mol. The minimum Gasteiger partial charge on any atom is -0.368 e. The van der Waals surface area contributed by atoms with Gasteiger partial charge in [-0.1, -0.05) is 12.8 Å². The molecule has 0 bridgehead atoms. The Morgan fingerprint density at radius 3 is 2.47 bits per heavy atom. The van der Waals surface area contributed by atoms with Gasteiger partial charge in [-0.15, -0.1) is 0 Å². The van der Waals surface area contributed by atoms with E-state index in [2.05, 4.69) is 10.9 Å². The molecule has 2 fully saturated rings. The molecule has 0 aromatic rings. The van der Waals surface area contributed by atoms with Crippen LogP contribution in [0, 0.1) is 5.92 Å². The van der Waals surface area contributed by atoms with Crippen molar-refractivity contribution in [1.82, 2.24) is 10.9 Å². The Morgan fingerprint density at radius 1 is 1.06 bits per heavy atom. The van der Waals surface area contributed by atoms with E-state index in [9.17, 15) is 9.59 Å². The predicted molar refractivity (Wildman–Crippen MR) is 61.8 cm³/mol. The van der Waals surface area contributed by atoms with Gasteiger partial charge in [0.05, 0.1) is 0 Å². The molecule has 1 atom stereocenters. The topological polar surface area (TPSA) is 67.4 Å². The first-order valence-electron chi connectivity index (χ1n) is 6.46. The Labute approximate surface area is 101 Å². The fraction of sp³-hybridized carbons (Fsp3) is 0.833. The van der Waals surface area contributed by atoms with E-state index in [1.165, 1.54) is 12.8 Å². The Balaban J connectivity index is 1.63. The van der Waals surface area contributed by atoms with Crippen LogP contribution in [-0.2, 0) is 14.3 Å². The first-order chi connectivity index (χ1) is 8.25. The van der Waals surface area contributed by atoms with Crippen molar-refractivity contribution in [2.45, 2.75) is 51.0 Å². The molecule has 17 heavy (non-hydrogen) atoms. The molecule has 1 saturated heterocycles. The molecule has 1 heterocycles. The average Bonchev–Trinajstić information content (AvgIpc) is 2.97. The maximum absolute atomic E-state index is 11.6. The van der Waals surface area contributed by atoms with E-state index in [0.717, 1.165) is 25.7 Å². The molecule has 0 spiro atoms. The number of rotatable bonds is 3. The number of carbonyl (C=O) groups excluding carboxylic acids is 2. The molecule has 0 radical (unpaired) electrons. The van der Waals surface area contributed by atoms with Crippen LogP contribution in [0.15, 0.2) is 0 Å². The number of ether oxygens (including phenoxy) is 1. The van der Waals surface area contributed by atoms with Crippen LogP contribution in [0.1, 0.15) is 44.9 Å². The molecule has 2 amide bonds. The quantitative estimate of drug-likeness (QED) is 0.720. The van der Waals surface area contributed by atoms with Crippen LogP contribution >= 0.6 is 0 Å². The minimum absolute atomic E-state index is 0.0942. The maximum Gasteiger partial charge on any atom is 0.267 e. The summed E-state index contributed by atoms with van der Waals surface area (Å²) < 4.78 is 5.22. The van der Waals surface area contributed by atoms with Crippen molar-refractivity contribution in [3.63, 3.8) is 0 Å². The van der Waals surface area contributed by atoms with Crippen molar-refractivity contribution in [2.75, 3.05) is 6.61 Å². The van der Waals surface area contributed by atoms with Crippen LogP contribution in [0.3, 0.4) is 0 Å². The van der Waals surface area contributed by atoms with Crippen LogP contribution < -0.4 is 10.9 Å². The highest BCUT2D eigenvalue weighted by Crippen LogP contribution is 2.27. The van der Waals surface area contributed by atoms with Crippen LogP contribution in [0.5, 0.6) is 0 Å². The summed E-state index contributed by atoms with van der Waals surface area (Å²) in [7, 11) is 0. The molecule has 1 aliphatic carbocycles. The zero-order valence-electron chi connectivity index (χ0n) is 10.0. The summed E-state index contributed by atoms with van der Waals surface area (Å²) in [6.45, 7) is 0.633. The van der Waals surface area contributed by atoms with Gasteiger partial charge in [0.15, 0.2) is 0 Å². The maximum atomic E-state index is 11.6. The third-order valence-corrected chi connectivity index (χ3v) is 3.50. The molecule has 2 rings (SSSR count). The summed E-state index contributed by atoms with van der Waals surface area (Å²) in [6, 6.07) is 0. The molecule has 0 aromatic carbocycles. The zero-order valence-corrected chi connectivity index (χ0v) is 10.0. The lowest BCUT2D eigenvalue weighted by Crippen LogP contribution is -2.46. The summed E-state index contributed by atoms with van der Waals surface area (Å²) in [4.78, 5) is 23.1. The smallest absolute Gasteiger partial charge is 0.267 e. The Bertz CT molecular complexity index is 281. The summed E-state index contributed by atoms with van der Waals surface area (Å²) in [6.07, 6.45) is 6.49. The van der Waals surface area contributed by atoms with E-state index in [0.29, 0.717) is 18.9 Å². The fourth-order valence-corrected chi connectivity index (χ4v) is 2.52. The number of hydrogen-bond acceptors (Lipinski definition) is 3. The van der Waals surface area contributed by atoms with E-state index in [4.69, 9.17) is 4.74 Å². The van der Waals surface area contributed by atoms with Crippen molar-refractivity contribution >= 4 is 11.8 Å².